The van der Waals surface area contributed by atoms with Gasteiger partial charge in [0.2, 0.25) is 0 Å². The summed E-state index contributed by atoms with van der Waals surface area (Å²) in [6.07, 6.45) is 7.44. The third kappa shape index (κ3) is 3.07. The first-order chi connectivity index (χ1) is 10.2. The highest BCUT2D eigenvalue weighted by Crippen LogP contribution is 2.17. The average molecular weight is 284 g/mol. The van der Waals surface area contributed by atoms with Gasteiger partial charge in [-0.1, -0.05) is 0 Å². The van der Waals surface area contributed by atoms with Gasteiger partial charge in [0.15, 0.2) is 0 Å². The molecular formula is C16H20N4O. The van der Waals surface area contributed by atoms with Gasteiger partial charge < -0.3 is 14.8 Å². The monoisotopic (exact) mass is 284 g/mol. The lowest BCUT2D eigenvalue weighted by Crippen LogP contribution is -2.42. The van der Waals surface area contributed by atoms with Crippen LogP contribution in [0, 0.1) is 0 Å². The summed E-state index contributed by atoms with van der Waals surface area (Å²) in [5.74, 6) is 0.127. The quantitative estimate of drug-likeness (QED) is 0.939. The highest BCUT2D eigenvalue weighted by atomic mass is 16.2. The Morgan fingerprint density at radius 1 is 1.29 bits per heavy atom. The van der Waals surface area contributed by atoms with E-state index in [1.54, 1.807) is 6.20 Å². The van der Waals surface area contributed by atoms with E-state index in [0.717, 1.165) is 37.3 Å². The average Bonchev–Trinajstić information content (AvgIpc) is 2.94. The van der Waals surface area contributed by atoms with E-state index in [9.17, 15) is 4.79 Å². The number of hydrogen-bond acceptors (Lipinski definition) is 3. The van der Waals surface area contributed by atoms with Gasteiger partial charge in [0.25, 0.3) is 5.91 Å². The summed E-state index contributed by atoms with van der Waals surface area (Å²) in [6.45, 7) is 1.59. The van der Waals surface area contributed by atoms with Crippen molar-refractivity contribution in [2.45, 2.75) is 18.9 Å². The summed E-state index contributed by atoms with van der Waals surface area (Å²) >= 11 is 0. The lowest BCUT2D eigenvalue weighted by molar-refractivity contribution is 0.0709. The number of piperidine rings is 1. The zero-order valence-electron chi connectivity index (χ0n) is 12.2. The van der Waals surface area contributed by atoms with Crippen LogP contribution < -0.4 is 5.32 Å². The van der Waals surface area contributed by atoms with Crippen LogP contribution in [0.5, 0.6) is 0 Å². The minimum absolute atomic E-state index is 0.127. The number of likely N-dealkylation sites (tertiary alicyclic amines) is 1. The maximum Gasteiger partial charge on any atom is 0.270 e. The molecule has 0 spiro atoms. The second-order valence-electron chi connectivity index (χ2n) is 5.46. The highest BCUT2D eigenvalue weighted by molar-refractivity contribution is 5.92. The molecule has 1 aliphatic rings. The van der Waals surface area contributed by atoms with E-state index < -0.39 is 0 Å². The molecule has 1 amide bonds. The molecule has 1 N–H and O–H groups in total. The number of rotatable bonds is 3. The molecule has 5 heteroatoms. The molecule has 3 heterocycles. The van der Waals surface area contributed by atoms with Crippen molar-refractivity contribution in [2.24, 2.45) is 7.05 Å². The van der Waals surface area contributed by atoms with Crippen LogP contribution in [0.2, 0.25) is 0 Å². The van der Waals surface area contributed by atoms with E-state index >= 15 is 0 Å². The van der Waals surface area contributed by atoms with Crippen molar-refractivity contribution in [3.8, 4) is 0 Å². The molecule has 0 radical (unpaired) electrons. The molecule has 0 saturated carbocycles. The minimum atomic E-state index is 0.127. The van der Waals surface area contributed by atoms with Crippen molar-refractivity contribution in [2.75, 3.05) is 18.4 Å². The number of nitrogens with one attached hydrogen (secondary N) is 1. The fraction of sp³-hybridized carbons (Fsp3) is 0.375. The number of aromatic nitrogens is 2. The number of carbonyl (C=O) groups is 1. The maximum absolute atomic E-state index is 12.4. The van der Waals surface area contributed by atoms with Gasteiger partial charge in [0.1, 0.15) is 5.69 Å². The highest BCUT2D eigenvalue weighted by Gasteiger charge is 2.24. The van der Waals surface area contributed by atoms with E-state index in [1.807, 2.05) is 53.2 Å². The number of anilines is 1. The van der Waals surface area contributed by atoms with Crippen LogP contribution in [0.3, 0.4) is 0 Å². The molecule has 21 heavy (non-hydrogen) atoms. The van der Waals surface area contributed by atoms with Crippen molar-refractivity contribution in [3.63, 3.8) is 0 Å². The minimum Gasteiger partial charge on any atom is -0.381 e. The first-order valence-corrected chi connectivity index (χ1v) is 7.31. The van der Waals surface area contributed by atoms with Gasteiger partial charge in [-0.3, -0.25) is 9.78 Å². The SMILES string of the molecule is Cn1cccc1C(=O)N1CCC(Nc2cccnc2)CC1. The molecule has 1 aliphatic heterocycles. The van der Waals surface area contributed by atoms with Crippen LogP contribution >= 0.6 is 0 Å². The molecule has 5 nitrogen and oxygen atoms in total. The summed E-state index contributed by atoms with van der Waals surface area (Å²) in [5.41, 5.74) is 1.80. The van der Waals surface area contributed by atoms with Crippen LogP contribution in [0.1, 0.15) is 23.3 Å². The molecule has 3 rings (SSSR count). The second kappa shape index (κ2) is 5.99. The largest absolute Gasteiger partial charge is 0.381 e. The molecular weight excluding hydrogens is 264 g/mol. The number of hydrogen-bond donors (Lipinski definition) is 1. The van der Waals surface area contributed by atoms with Crippen molar-refractivity contribution in [1.29, 1.82) is 0 Å². The molecule has 1 saturated heterocycles. The third-order valence-electron chi connectivity index (χ3n) is 3.98. The molecule has 2 aromatic rings. The van der Waals surface area contributed by atoms with E-state index in [4.69, 9.17) is 0 Å². The van der Waals surface area contributed by atoms with Gasteiger partial charge in [0.05, 0.1) is 5.69 Å². The summed E-state index contributed by atoms with van der Waals surface area (Å²) in [7, 11) is 1.91. The van der Waals surface area contributed by atoms with E-state index in [2.05, 4.69) is 10.3 Å². The normalized spacial score (nSPS) is 16.0. The molecule has 0 aliphatic carbocycles. The lowest BCUT2D eigenvalue weighted by atomic mass is 10.0. The Balaban J connectivity index is 1.56. The molecule has 0 bridgehead atoms. The van der Waals surface area contributed by atoms with Gasteiger partial charge in [0, 0.05) is 44.8 Å². The predicted octanol–water partition coefficient (Wildman–Crippen LogP) is 2.14. The fourth-order valence-corrected chi connectivity index (χ4v) is 2.76. The van der Waals surface area contributed by atoms with Crippen LogP contribution in [-0.4, -0.2) is 39.5 Å². The summed E-state index contributed by atoms with van der Waals surface area (Å²) < 4.78 is 1.88. The van der Waals surface area contributed by atoms with E-state index in [0.29, 0.717) is 6.04 Å². The Labute approximate surface area is 124 Å². The Morgan fingerprint density at radius 3 is 2.71 bits per heavy atom. The summed E-state index contributed by atoms with van der Waals surface area (Å²) in [6, 6.07) is 8.14. The first-order valence-electron chi connectivity index (χ1n) is 7.31. The molecule has 0 atom stereocenters. The van der Waals surface area contributed by atoms with Gasteiger partial charge in [-0.25, -0.2) is 0 Å². The van der Waals surface area contributed by atoms with Gasteiger partial charge in [-0.2, -0.15) is 0 Å². The first kappa shape index (κ1) is 13.7. The van der Waals surface area contributed by atoms with Crippen LogP contribution in [0.25, 0.3) is 0 Å². The number of pyridine rings is 1. The van der Waals surface area contributed by atoms with Crippen LogP contribution in [0.15, 0.2) is 42.9 Å². The topological polar surface area (TPSA) is 50.2 Å². The predicted molar refractivity (Wildman–Crippen MR) is 82.2 cm³/mol. The van der Waals surface area contributed by atoms with Crippen molar-refractivity contribution >= 4 is 11.6 Å². The number of aryl methyl sites for hydroxylation is 1. The summed E-state index contributed by atoms with van der Waals surface area (Å²) in [4.78, 5) is 18.5. The van der Waals surface area contributed by atoms with Gasteiger partial charge in [-0.05, 0) is 37.1 Å². The molecule has 2 aromatic heterocycles. The maximum atomic E-state index is 12.4. The molecule has 110 valence electrons. The fourth-order valence-electron chi connectivity index (χ4n) is 2.76. The third-order valence-corrected chi connectivity index (χ3v) is 3.98. The zero-order chi connectivity index (χ0) is 14.7. The summed E-state index contributed by atoms with van der Waals surface area (Å²) in [5, 5.41) is 3.48. The Kier molecular flexibility index (Phi) is 3.90. The van der Waals surface area contributed by atoms with Crippen molar-refractivity contribution in [1.82, 2.24) is 14.5 Å². The Morgan fingerprint density at radius 2 is 2.10 bits per heavy atom. The number of amides is 1. The van der Waals surface area contributed by atoms with Crippen LogP contribution in [-0.2, 0) is 7.05 Å². The van der Waals surface area contributed by atoms with E-state index in [-0.39, 0.29) is 5.91 Å². The zero-order valence-corrected chi connectivity index (χ0v) is 12.2. The number of nitrogens with zero attached hydrogens (tertiary/aromatic N) is 3. The van der Waals surface area contributed by atoms with Crippen LogP contribution in [0.4, 0.5) is 5.69 Å². The van der Waals surface area contributed by atoms with Crippen molar-refractivity contribution < 1.29 is 4.79 Å². The van der Waals surface area contributed by atoms with Gasteiger partial charge in [-0.15, -0.1) is 0 Å². The van der Waals surface area contributed by atoms with E-state index in [1.165, 1.54) is 0 Å². The molecule has 0 aromatic carbocycles. The standard InChI is InChI=1S/C16H20N4O/c1-19-9-3-5-15(19)16(21)20-10-6-13(7-11-20)18-14-4-2-8-17-12-14/h2-5,8-9,12-13,18H,6-7,10-11H2,1H3. The van der Waals surface area contributed by atoms with Crippen molar-refractivity contribution in [3.05, 3.63) is 48.5 Å². The Hall–Kier alpha value is -2.30. The molecule has 1 fully saturated rings. The Bertz CT molecular complexity index is 600. The van der Waals surface area contributed by atoms with Gasteiger partial charge >= 0.3 is 0 Å². The number of carbonyl (C=O) groups excluding carboxylic acids is 1. The smallest absolute Gasteiger partial charge is 0.270 e. The molecule has 0 unspecified atom stereocenters. The second-order valence-corrected chi connectivity index (χ2v) is 5.46. The lowest BCUT2D eigenvalue weighted by Gasteiger charge is -2.32.